The van der Waals surface area contributed by atoms with Gasteiger partial charge in [-0.05, 0) is 45.1 Å². The van der Waals surface area contributed by atoms with E-state index < -0.39 is 79.5 Å². The second-order valence-electron chi connectivity index (χ2n) is 14.1. The predicted octanol–water partition coefficient (Wildman–Crippen LogP) is -6.18. The number of aliphatic hydroxyl groups excluding tert-OH is 3. The van der Waals surface area contributed by atoms with Crippen molar-refractivity contribution in [3.05, 3.63) is 0 Å². The number of hydrogen-bond acceptors (Lipinski definition) is 17. The van der Waals surface area contributed by atoms with Gasteiger partial charge in [0.05, 0.1) is 18.8 Å². The minimum Gasteiger partial charge on any atom is -0.441 e. The zero-order valence-electron chi connectivity index (χ0n) is 30.7. The summed E-state index contributed by atoms with van der Waals surface area (Å²) in [4.78, 5) is 67.4. The zero-order chi connectivity index (χ0) is 39.9. The Labute approximate surface area is 314 Å². The molecule has 0 aromatic rings. The van der Waals surface area contributed by atoms with Crippen molar-refractivity contribution in [3.63, 3.8) is 0 Å². The van der Waals surface area contributed by atoms with E-state index in [4.69, 9.17) is 38.1 Å². The number of rotatable bonds is 21. The van der Waals surface area contributed by atoms with Crippen LogP contribution in [0.3, 0.4) is 0 Å². The van der Waals surface area contributed by atoms with Crippen molar-refractivity contribution in [2.75, 3.05) is 39.8 Å². The number of likely N-dealkylation sites (tertiary alicyclic amines) is 1. The molecule has 22 heteroatoms. The number of piperidine rings is 1. The minimum atomic E-state index is -1.63. The molecule has 54 heavy (non-hydrogen) atoms. The topological polar surface area (TPSA) is 370 Å². The fourth-order valence-corrected chi connectivity index (χ4v) is 6.57. The van der Waals surface area contributed by atoms with Crippen molar-refractivity contribution in [1.29, 1.82) is 0 Å². The van der Waals surface area contributed by atoms with Crippen LogP contribution < -0.4 is 55.3 Å². The number of amides is 5. The van der Waals surface area contributed by atoms with Gasteiger partial charge in [-0.25, -0.2) is 9.79 Å². The molecule has 0 aromatic heterocycles. The van der Waals surface area contributed by atoms with Crippen LogP contribution in [-0.4, -0.2) is 163 Å². The van der Waals surface area contributed by atoms with E-state index in [1.165, 1.54) is 11.9 Å². The van der Waals surface area contributed by atoms with E-state index >= 15 is 0 Å². The molecule has 3 aliphatic heterocycles. The summed E-state index contributed by atoms with van der Waals surface area (Å²) in [5.74, 6) is -1.26. The molecular weight excluding hydrogens is 712 g/mol. The monoisotopic (exact) mass is 772 g/mol. The van der Waals surface area contributed by atoms with Crippen LogP contribution in [-0.2, 0) is 28.7 Å². The third-order valence-electron chi connectivity index (χ3n) is 9.44. The van der Waals surface area contributed by atoms with Crippen LogP contribution in [0.25, 0.3) is 0 Å². The Morgan fingerprint density at radius 3 is 2.06 bits per heavy atom. The summed E-state index contributed by atoms with van der Waals surface area (Å²) in [5, 5.41) is 45.6. The molecule has 5 amide bonds. The smallest absolute Gasteiger partial charge is 0.404 e. The number of nitrogens with one attached hydrogen (secondary N) is 5. The van der Waals surface area contributed by atoms with Crippen molar-refractivity contribution in [2.24, 2.45) is 33.7 Å². The summed E-state index contributed by atoms with van der Waals surface area (Å²) in [6.07, 6.45) is -4.25. The lowest BCUT2D eigenvalue weighted by molar-refractivity contribution is -0.198. The Bertz CT molecular complexity index is 1300. The molecule has 0 radical (unpaired) electrons. The molecule has 2 fully saturated rings. The van der Waals surface area contributed by atoms with Crippen molar-refractivity contribution in [1.82, 2.24) is 31.5 Å². The zero-order valence-corrected chi connectivity index (χ0v) is 30.7. The first-order valence-electron chi connectivity index (χ1n) is 18.4. The molecular formula is C32H60N12O10. The summed E-state index contributed by atoms with van der Waals surface area (Å²) in [6.45, 7) is 0.641. The molecule has 0 unspecified atom stereocenters. The van der Waals surface area contributed by atoms with Gasteiger partial charge in [-0.3, -0.25) is 19.2 Å². The first-order valence-corrected chi connectivity index (χ1v) is 18.4. The number of carbonyl (C=O) groups excluding carboxylic acids is 5. The normalized spacial score (nSPS) is 28.1. The highest BCUT2D eigenvalue weighted by Gasteiger charge is 2.50. The maximum Gasteiger partial charge on any atom is 0.404 e. The maximum atomic E-state index is 13.1. The van der Waals surface area contributed by atoms with Gasteiger partial charge in [-0.15, -0.1) is 0 Å². The standard InChI is InChI=1S/C32H60N12O10/c1-44-14-19(46)24-25(30(44)51)42-32(41-24)43-29-26(27(50)28(54-31(37)52)20(15-45)53-29)40-23(49)13-18(36)7-4-10-39-22(48)12-17(35)6-3-9-38-21(47)11-16(34)5-2-8-33/h16-20,24-29,45-46,50H,2-15,33-36H2,1H3,(H2,37,52)(H,38,47)(H,39,48)(H,40,49)(H2,41,42,43)/t16-,17-,18-,19+,20+,24+,25-,26+,27+,28+,29+/m0/s1. The van der Waals surface area contributed by atoms with E-state index in [0.717, 1.165) is 6.42 Å². The number of carbonyl (C=O) groups is 5. The maximum absolute atomic E-state index is 13.1. The first-order chi connectivity index (χ1) is 25.6. The number of hydrogen-bond donors (Lipinski definition) is 13. The molecule has 308 valence electrons. The van der Waals surface area contributed by atoms with Gasteiger partial charge in [0.25, 0.3) is 0 Å². The SMILES string of the molecule is CN1C[C@@H](O)[C@H]2NC(N[C@@H]3O[C@H](CO)[C@@H](OC(N)=O)[C@H](O)[C@H]3NC(=O)C[C@@H](N)CCCNC(=O)C[C@@H](N)CCCNC(=O)C[C@@H](N)CCCN)=N[C@@H]2C1=O. The van der Waals surface area contributed by atoms with Crippen molar-refractivity contribution in [3.8, 4) is 0 Å². The number of fused-ring (bicyclic) bond motifs is 1. The largest absolute Gasteiger partial charge is 0.441 e. The van der Waals surface area contributed by atoms with Gasteiger partial charge in [-0.1, -0.05) is 0 Å². The number of likely N-dealkylation sites (N-methyl/N-ethyl adjacent to an activating group) is 1. The molecule has 3 heterocycles. The number of ether oxygens (including phenoxy) is 2. The average Bonchev–Trinajstić information content (AvgIpc) is 3.53. The number of nitrogens with two attached hydrogens (primary N) is 5. The number of guanidine groups is 1. The summed E-state index contributed by atoms with van der Waals surface area (Å²) in [6, 6.07) is -4.23. The number of aliphatic hydroxyl groups is 3. The van der Waals surface area contributed by atoms with Gasteiger partial charge in [0.15, 0.2) is 24.3 Å². The van der Waals surface area contributed by atoms with E-state index in [-0.39, 0.29) is 55.5 Å². The van der Waals surface area contributed by atoms with Crippen molar-refractivity contribution < 1.29 is 48.8 Å². The molecule has 0 saturated carbocycles. The molecule has 3 rings (SSSR count). The molecule has 0 aliphatic carbocycles. The highest BCUT2D eigenvalue weighted by atomic mass is 16.6. The highest BCUT2D eigenvalue weighted by molar-refractivity contribution is 5.92. The van der Waals surface area contributed by atoms with Crippen LogP contribution in [0, 0.1) is 0 Å². The van der Waals surface area contributed by atoms with Gasteiger partial charge in [-0.2, -0.15) is 0 Å². The molecule has 18 N–H and O–H groups in total. The predicted molar refractivity (Wildman–Crippen MR) is 194 cm³/mol. The van der Waals surface area contributed by atoms with E-state index in [0.29, 0.717) is 51.7 Å². The Kier molecular flexibility index (Phi) is 18.0. The third-order valence-corrected chi connectivity index (χ3v) is 9.44. The summed E-state index contributed by atoms with van der Waals surface area (Å²) >= 11 is 0. The van der Waals surface area contributed by atoms with Crippen LogP contribution in [0.1, 0.15) is 57.8 Å². The van der Waals surface area contributed by atoms with Gasteiger partial charge in [0.2, 0.25) is 23.6 Å². The highest BCUT2D eigenvalue weighted by Crippen LogP contribution is 2.25. The van der Waals surface area contributed by atoms with Crippen LogP contribution >= 0.6 is 0 Å². The van der Waals surface area contributed by atoms with Crippen LogP contribution in [0.15, 0.2) is 4.99 Å². The Morgan fingerprint density at radius 2 is 1.52 bits per heavy atom. The number of primary amides is 1. The second kappa shape index (κ2) is 21.9. The molecule has 0 aromatic carbocycles. The van der Waals surface area contributed by atoms with Gasteiger partial charge >= 0.3 is 6.09 Å². The number of nitrogens with zero attached hydrogens (tertiary/aromatic N) is 2. The quantitative estimate of drug-likeness (QED) is 0.0483. The van der Waals surface area contributed by atoms with Crippen LogP contribution in [0.4, 0.5) is 4.79 Å². The Balaban J connectivity index is 1.43. The molecule has 0 bridgehead atoms. The minimum absolute atomic E-state index is 0.0363. The van der Waals surface area contributed by atoms with Crippen molar-refractivity contribution in [2.45, 2.75) is 125 Å². The molecule has 3 aliphatic rings. The summed E-state index contributed by atoms with van der Waals surface area (Å²) < 4.78 is 10.9. The van der Waals surface area contributed by atoms with E-state index in [1.54, 1.807) is 0 Å². The van der Waals surface area contributed by atoms with E-state index in [2.05, 4.69) is 31.6 Å². The van der Waals surface area contributed by atoms with Gasteiger partial charge < -0.3 is 84.9 Å². The van der Waals surface area contributed by atoms with E-state index in [9.17, 15) is 39.3 Å². The number of β-amino-alcohol motifs (C(OH)–C–C–N with tert-alkyl or cyclic N) is 1. The van der Waals surface area contributed by atoms with Crippen LogP contribution in [0.5, 0.6) is 0 Å². The Morgan fingerprint density at radius 1 is 0.963 bits per heavy atom. The average molecular weight is 773 g/mol. The summed E-state index contributed by atoms with van der Waals surface area (Å²) in [5.41, 5.74) is 28.8. The lowest BCUT2D eigenvalue weighted by Gasteiger charge is -2.44. The van der Waals surface area contributed by atoms with E-state index in [1.807, 2.05) is 0 Å². The molecule has 11 atom stereocenters. The third kappa shape index (κ3) is 13.7. The number of aliphatic imine (C=N–C) groups is 1. The lowest BCUT2D eigenvalue weighted by Crippen LogP contribution is -2.70. The van der Waals surface area contributed by atoms with Crippen LogP contribution in [0.2, 0.25) is 0 Å². The summed E-state index contributed by atoms with van der Waals surface area (Å²) in [7, 11) is 1.54. The van der Waals surface area contributed by atoms with Gasteiger partial charge in [0.1, 0.15) is 18.2 Å². The fourth-order valence-electron chi connectivity index (χ4n) is 6.57. The lowest BCUT2D eigenvalue weighted by atomic mass is 9.95. The molecule has 2 saturated heterocycles. The molecule has 0 spiro atoms. The van der Waals surface area contributed by atoms with Crippen molar-refractivity contribution >= 4 is 35.7 Å². The van der Waals surface area contributed by atoms with Gasteiger partial charge in [0, 0.05) is 64.1 Å². The molecule has 22 nitrogen and oxygen atoms in total. The second-order valence-corrected chi connectivity index (χ2v) is 14.1. The fraction of sp³-hybridized carbons (Fsp3) is 0.812. The first kappa shape index (κ1) is 44.5. The Hall–Kier alpha value is -3.90.